The Balaban J connectivity index is 0.000000724. The van der Waals surface area contributed by atoms with Crippen LogP contribution in [0, 0.1) is 71.3 Å². The molecule has 0 radical (unpaired) electrons. The number of benzene rings is 5. The summed E-state index contributed by atoms with van der Waals surface area (Å²) in [6, 6.07) is 29.7. The minimum Gasteiger partial charge on any atom is -0.507 e. The van der Waals surface area contributed by atoms with Crippen molar-refractivity contribution in [3.05, 3.63) is 194 Å². The standard InChI is InChI=1S/C60H60N2O20S2.C25H30O10.C10H4N2O2S2.3C2H6.CH4.FH/c1-4-48(63)75-32-34-77-52(67)26-24-50(65)73-30-28-37-6-18-43(19-7-37)79-56(69)39-10-14-41(15-11-39)58(71)81-46-22-23-47(55-54(46)83-60(84-55)45(36-61)62-3)82-59(72)42-16-12-40(13-17-42)57(70)80-44-20-8-38(9-21-44)29-31-74-51(66)25-27-53(68)78-35-33-76-49(64)5-2;1-2-21(26)33-15-16-34-23(28)12-11-22(27)32-14-13-17-3-9-20(10-4-17)35-25(31)19-7-5-18(6-8-19)24(29)30;1-12-5(4-11)10-15-8-6(13)2-3-7(14)9(8)16-10;3*1-2;;/h4-9,18-23,39-42H,1-2,10-17,24-35H2;2-4,9-10,18-19H,1,5-8,11-16H2,(H,29,30);2-3,13-14H;3*1-2H3;1H4;1H. The summed E-state index contributed by atoms with van der Waals surface area (Å²) >= 11 is 4.37. The molecule has 143 heavy (non-hydrogen) atoms. The van der Waals surface area contributed by atoms with Crippen molar-refractivity contribution in [3.8, 4) is 52.4 Å². The number of aromatic hydroxyl groups is 2. The molecule has 5 aliphatic rings. The largest absolute Gasteiger partial charge is 0.507 e. The zero-order valence-electron chi connectivity index (χ0n) is 79.3. The van der Waals surface area contributed by atoms with E-state index in [1.807, 2.05) is 47.6 Å². The van der Waals surface area contributed by atoms with E-state index in [0.717, 1.165) is 82.0 Å². The Bertz CT molecular complexity index is 5190. The molecule has 3 aliphatic carbocycles. The smallest absolute Gasteiger partial charge is 0.330 e. The van der Waals surface area contributed by atoms with Crippen molar-refractivity contribution in [1.82, 2.24) is 0 Å². The fraction of sp³-hybridized carbons (Fsp3) is 0.422. The summed E-state index contributed by atoms with van der Waals surface area (Å²) in [5.41, 5.74) is 2.27. The van der Waals surface area contributed by atoms with Crippen LogP contribution in [0.5, 0.6) is 40.2 Å². The van der Waals surface area contributed by atoms with Crippen LogP contribution in [-0.2, 0) is 134 Å². The molecule has 5 aromatic carbocycles. The van der Waals surface area contributed by atoms with Crippen molar-refractivity contribution in [2.45, 2.75) is 203 Å². The molecule has 0 aromatic heterocycles. The number of nitrogens with zero attached hydrogens (tertiary/aromatic N) is 4. The Morgan fingerprint density at radius 3 is 0.783 bits per heavy atom. The summed E-state index contributed by atoms with van der Waals surface area (Å²) in [6.45, 7) is 35.6. The number of thioether (sulfide) groups is 4. The van der Waals surface area contributed by atoms with Gasteiger partial charge in [0.05, 0.1) is 147 Å². The van der Waals surface area contributed by atoms with Crippen LogP contribution in [0.4, 0.5) is 4.70 Å². The maximum atomic E-state index is 13.6. The fourth-order valence-corrected chi connectivity index (χ4v) is 18.2. The number of phenols is 2. The number of halogens is 1. The molecule has 3 fully saturated rings. The zero-order chi connectivity index (χ0) is 104. The van der Waals surface area contributed by atoms with Gasteiger partial charge >= 0.3 is 89.5 Å². The molecule has 0 amide bonds. The maximum absolute atomic E-state index is 13.6. The van der Waals surface area contributed by atoms with E-state index in [0.29, 0.717) is 142 Å². The highest BCUT2D eigenvalue weighted by atomic mass is 32.2. The molecule has 0 bridgehead atoms. The van der Waals surface area contributed by atoms with E-state index < -0.39 is 107 Å². The van der Waals surface area contributed by atoms with E-state index in [9.17, 15) is 87.4 Å². The van der Waals surface area contributed by atoms with Crippen LogP contribution in [0.3, 0.4) is 0 Å². The van der Waals surface area contributed by atoms with Gasteiger partial charge in [0.25, 0.3) is 11.4 Å². The lowest BCUT2D eigenvalue weighted by molar-refractivity contribution is -0.152. The van der Waals surface area contributed by atoms with Crippen LogP contribution in [0.2, 0.25) is 0 Å². The van der Waals surface area contributed by atoms with Gasteiger partial charge in [0.1, 0.15) is 79.9 Å². The van der Waals surface area contributed by atoms with E-state index in [4.69, 9.17) is 85.1 Å². The molecule has 2 heterocycles. The monoisotopic (exact) mass is 2060 g/mol. The number of hydrogen-bond acceptors (Lipinski definition) is 37. The van der Waals surface area contributed by atoms with Crippen LogP contribution < -0.4 is 23.7 Å². The Hall–Kier alpha value is -14.3. The van der Waals surface area contributed by atoms with Crippen molar-refractivity contribution in [2.24, 2.45) is 35.5 Å². The molecular formula is C102H117FN4O32S4. The van der Waals surface area contributed by atoms with Gasteiger partial charge in [0.2, 0.25) is 0 Å². The highest BCUT2D eigenvalue weighted by molar-refractivity contribution is 8.25. The number of aliphatic carboxylic acids is 1. The Labute approximate surface area is 845 Å². The van der Waals surface area contributed by atoms with Crippen LogP contribution in [0.1, 0.15) is 181 Å². The SMILES string of the molecule is C.C=CC(=O)OCCOC(=O)CCC(=O)OCCc1ccc(OC(=O)C2CCC(C(=O)O)CC2)cc1.CC.CC.CC.F.[C-]#[N+]C(C#N)=C1Sc2c(O)ccc(O)c2S1.[C-]#[N+]C(C#N)=C1Sc2c(OC(=O)C3CCC(C(=O)Oc4ccc(CCOC(=O)CCC(=O)OCCOC(=O)C=C)cc4)CC3)ccc(OC(=O)C3CCC(C(=O)Oc4ccc(CCOC(=O)CCC(=O)OCCOC(=O)C=C)cc4)CC3)c2S1. The van der Waals surface area contributed by atoms with E-state index in [1.165, 1.54) is 24.3 Å². The first kappa shape index (κ1) is 123. The molecular weight excluding hydrogens is 1940 g/mol. The van der Waals surface area contributed by atoms with Gasteiger partial charge in [0, 0.05) is 37.5 Å². The molecule has 0 atom stereocenters. The highest BCUT2D eigenvalue weighted by Gasteiger charge is 2.38. The van der Waals surface area contributed by atoms with Gasteiger partial charge in [-0.25, -0.2) is 34.6 Å². The molecule has 5 aromatic rings. The van der Waals surface area contributed by atoms with Crippen LogP contribution >= 0.6 is 47.0 Å². The molecule has 0 unspecified atom stereocenters. The number of carboxylic acid groups (broad SMARTS) is 1. The van der Waals surface area contributed by atoms with Crippen molar-refractivity contribution < 1.29 is 158 Å². The number of fused-ring (bicyclic) bond motifs is 2. The first-order valence-electron chi connectivity index (χ1n) is 45.4. The molecule has 768 valence electrons. The van der Waals surface area contributed by atoms with Crippen molar-refractivity contribution in [3.63, 3.8) is 0 Å². The topological polar surface area (TPSA) is 502 Å². The predicted molar refractivity (Wildman–Crippen MR) is 521 cm³/mol. The van der Waals surface area contributed by atoms with Gasteiger partial charge in [-0.05, 0) is 154 Å². The summed E-state index contributed by atoms with van der Waals surface area (Å²) in [4.78, 5) is 189. The first-order chi connectivity index (χ1) is 68.0. The molecule has 0 saturated heterocycles. The second-order valence-corrected chi connectivity index (χ2v) is 34.4. The van der Waals surface area contributed by atoms with Crippen LogP contribution in [0.15, 0.2) is 174 Å². The molecule has 2 aliphatic heterocycles. The normalized spacial score (nSPS) is 15.5. The van der Waals surface area contributed by atoms with Crippen LogP contribution in [-0.4, -0.2) is 164 Å². The van der Waals surface area contributed by atoms with E-state index in [1.54, 1.807) is 78.9 Å². The summed E-state index contributed by atoms with van der Waals surface area (Å²) in [6.07, 6.45) is 7.86. The minimum absolute atomic E-state index is 0. The average molecular weight is 2060 g/mol. The van der Waals surface area contributed by atoms with Gasteiger partial charge in [-0.15, -0.1) is 0 Å². The van der Waals surface area contributed by atoms with E-state index in [-0.39, 0.29) is 162 Å². The van der Waals surface area contributed by atoms with Crippen LogP contribution in [0.25, 0.3) is 9.69 Å². The second-order valence-electron chi connectivity index (χ2n) is 29.8. The quantitative estimate of drug-likeness (QED) is 0.00478. The number of carboxylic acids is 1. The van der Waals surface area contributed by atoms with Crippen molar-refractivity contribution in [2.75, 3.05) is 59.5 Å². The number of carbonyl (C=O) groups is 15. The van der Waals surface area contributed by atoms with E-state index >= 15 is 0 Å². The molecule has 10 rings (SSSR count). The third-order valence-corrected chi connectivity index (χ3v) is 25.8. The third-order valence-electron chi connectivity index (χ3n) is 20.6. The summed E-state index contributed by atoms with van der Waals surface area (Å²) < 4.78 is 73.6. The molecule has 0 spiro atoms. The second kappa shape index (κ2) is 68.0. The lowest BCUT2D eigenvalue weighted by Gasteiger charge is -2.26. The molecule has 41 heteroatoms. The summed E-state index contributed by atoms with van der Waals surface area (Å²) in [5, 5.41) is 46.6. The van der Waals surface area contributed by atoms with E-state index in [2.05, 4.69) is 34.2 Å². The lowest BCUT2D eigenvalue weighted by Crippen LogP contribution is -2.30. The molecule has 3 N–H and O–H groups in total. The average Bonchev–Trinajstić information content (AvgIpc) is 1.65. The van der Waals surface area contributed by atoms with Gasteiger partial charge < -0.3 is 81.6 Å². The number of carbonyl (C=O) groups excluding carboxylic acids is 14. The fourth-order valence-electron chi connectivity index (χ4n) is 13.3. The number of ether oxygens (including phenoxy) is 14. The predicted octanol–water partition coefficient (Wildman–Crippen LogP) is 17.8. The lowest BCUT2D eigenvalue weighted by atomic mass is 9.82. The Morgan fingerprint density at radius 2 is 0.559 bits per heavy atom. The molecule has 36 nitrogen and oxygen atoms in total. The third kappa shape index (κ3) is 43.4. The number of allylic oxidation sites excluding steroid dienone is 2. The summed E-state index contributed by atoms with van der Waals surface area (Å²) in [7, 11) is 0. The maximum Gasteiger partial charge on any atom is 0.330 e. The number of phenolic OH excluding ortho intramolecular Hbond substituents is 2. The van der Waals surface area contributed by atoms with Gasteiger partial charge in [-0.3, -0.25) is 62.2 Å². The zero-order valence-corrected chi connectivity index (χ0v) is 82.5. The Kier molecular flexibility index (Phi) is 58.4. The van der Waals surface area contributed by atoms with Gasteiger partial charge in [-0.2, -0.15) is 0 Å². The Morgan fingerprint density at radius 1 is 0.343 bits per heavy atom. The first-order valence-corrected chi connectivity index (χ1v) is 48.6. The minimum atomic E-state index is -0.818. The number of rotatable bonds is 41. The summed E-state index contributed by atoms with van der Waals surface area (Å²) in [5.74, 6) is -9.91. The number of nitriles is 2. The number of hydrogen-bond donors (Lipinski definition) is 3. The van der Waals surface area contributed by atoms with Gasteiger partial charge in [0.15, 0.2) is 0 Å². The van der Waals surface area contributed by atoms with Gasteiger partial charge in [-0.1, -0.05) is 152 Å². The van der Waals surface area contributed by atoms with Crippen molar-refractivity contribution in [1.29, 1.82) is 10.5 Å². The highest BCUT2D eigenvalue weighted by Crippen LogP contribution is 2.60. The van der Waals surface area contributed by atoms with Crippen molar-refractivity contribution >= 4 is 137 Å². The molecule has 3 saturated carbocycles. The number of esters is 14.